The van der Waals surface area contributed by atoms with Gasteiger partial charge in [0.15, 0.2) is 0 Å². The average Bonchev–Trinajstić information content (AvgIpc) is 2.02. The molecular formula is C7H16N2O3. The minimum Gasteiger partial charge on any atom is -0.389 e. The van der Waals surface area contributed by atoms with Crippen LogP contribution in [0.15, 0.2) is 0 Å². The molecule has 4 N–H and O–H groups in total. The van der Waals surface area contributed by atoms with Crippen molar-refractivity contribution in [3.8, 4) is 0 Å². The first-order valence-electron chi connectivity index (χ1n) is 3.84. The molecule has 0 rings (SSSR count). The molecular weight excluding hydrogens is 160 g/mol. The van der Waals surface area contributed by atoms with Crippen molar-refractivity contribution >= 4 is 5.91 Å². The number of aliphatic hydroxyl groups excluding tert-OH is 1. The zero-order valence-electron chi connectivity index (χ0n) is 7.25. The van der Waals surface area contributed by atoms with E-state index in [1.165, 1.54) is 7.11 Å². The van der Waals surface area contributed by atoms with Crippen molar-refractivity contribution in [2.75, 3.05) is 26.8 Å². The van der Waals surface area contributed by atoms with Crippen LogP contribution >= 0.6 is 0 Å². The van der Waals surface area contributed by atoms with Crippen LogP contribution in [0.25, 0.3) is 0 Å². The number of rotatable bonds is 6. The Bertz CT molecular complexity index is 130. The van der Waals surface area contributed by atoms with Gasteiger partial charge in [-0.05, 0) is 0 Å². The van der Waals surface area contributed by atoms with Gasteiger partial charge in [0.25, 0.3) is 0 Å². The number of methoxy groups -OCH3 is 1. The number of hydrogen-bond acceptors (Lipinski definition) is 4. The van der Waals surface area contributed by atoms with Gasteiger partial charge >= 0.3 is 0 Å². The number of aliphatic hydroxyl groups is 1. The summed E-state index contributed by atoms with van der Waals surface area (Å²) in [5.74, 6) is -0.146. The Kier molecular flexibility index (Phi) is 6.64. The quantitative estimate of drug-likeness (QED) is 0.458. The van der Waals surface area contributed by atoms with E-state index in [-0.39, 0.29) is 19.1 Å². The summed E-state index contributed by atoms with van der Waals surface area (Å²) in [6.07, 6.45) is -0.351. The van der Waals surface area contributed by atoms with E-state index in [9.17, 15) is 4.79 Å². The Balaban J connectivity index is 3.33. The molecule has 1 amide bonds. The lowest BCUT2D eigenvalue weighted by Crippen LogP contribution is -2.35. The highest BCUT2D eigenvalue weighted by Gasteiger charge is 2.04. The minimum atomic E-state index is -0.642. The molecule has 72 valence electrons. The molecule has 0 bridgehead atoms. The van der Waals surface area contributed by atoms with Crippen LogP contribution in [0.5, 0.6) is 0 Å². The number of nitrogens with two attached hydrogens (primary N) is 1. The van der Waals surface area contributed by atoms with Gasteiger partial charge in [-0.25, -0.2) is 0 Å². The van der Waals surface area contributed by atoms with E-state index in [2.05, 4.69) is 10.1 Å². The van der Waals surface area contributed by atoms with E-state index < -0.39 is 6.10 Å². The summed E-state index contributed by atoms with van der Waals surface area (Å²) in [4.78, 5) is 10.8. The van der Waals surface area contributed by atoms with E-state index in [0.29, 0.717) is 13.0 Å². The Morgan fingerprint density at radius 2 is 2.42 bits per heavy atom. The monoisotopic (exact) mass is 176 g/mol. The molecule has 0 aliphatic heterocycles. The van der Waals surface area contributed by atoms with Crippen molar-refractivity contribution in [3.63, 3.8) is 0 Å². The molecule has 0 fully saturated rings. The predicted octanol–water partition coefficient (Wildman–Crippen LogP) is -1.54. The van der Waals surface area contributed by atoms with Gasteiger partial charge in [-0.15, -0.1) is 0 Å². The molecule has 12 heavy (non-hydrogen) atoms. The SMILES string of the molecule is COCC(O)CNC(=O)CCN. The molecule has 0 aromatic carbocycles. The van der Waals surface area contributed by atoms with Gasteiger partial charge in [0.1, 0.15) is 0 Å². The first-order chi connectivity index (χ1) is 5.70. The summed E-state index contributed by atoms with van der Waals surface area (Å²) in [6, 6.07) is 0. The predicted molar refractivity (Wildman–Crippen MR) is 44.6 cm³/mol. The molecule has 5 heteroatoms. The summed E-state index contributed by atoms with van der Waals surface area (Å²) >= 11 is 0. The Labute approximate surface area is 71.9 Å². The standard InChI is InChI=1S/C7H16N2O3/c1-12-5-6(10)4-9-7(11)2-3-8/h6,10H,2-5,8H2,1H3,(H,9,11). The molecule has 5 nitrogen and oxygen atoms in total. The van der Waals surface area contributed by atoms with E-state index in [1.54, 1.807) is 0 Å². The molecule has 0 spiro atoms. The van der Waals surface area contributed by atoms with Crippen molar-refractivity contribution in [2.45, 2.75) is 12.5 Å². The summed E-state index contributed by atoms with van der Waals surface area (Å²) < 4.78 is 4.67. The van der Waals surface area contributed by atoms with Crippen LogP contribution in [0.4, 0.5) is 0 Å². The summed E-state index contributed by atoms with van der Waals surface area (Å²) in [5.41, 5.74) is 5.15. The van der Waals surface area contributed by atoms with Crippen molar-refractivity contribution in [2.24, 2.45) is 5.73 Å². The molecule has 1 unspecified atom stereocenters. The lowest BCUT2D eigenvalue weighted by atomic mass is 10.3. The molecule has 0 aromatic heterocycles. The fourth-order valence-corrected chi connectivity index (χ4v) is 0.702. The third kappa shape index (κ3) is 6.09. The summed E-state index contributed by atoms with van der Waals surface area (Å²) in [6.45, 7) is 0.766. The zero-order chi connectivity index (χ0) is 9.40. The summed E-state index contributed by atoms with van der Waals surface area (Å²) in [5, 5.41) is 11.6. The number of carbonyl (C=O) groups is 1. The van der Waals surface area contributed by atoms with Gasteiger partial charge in [-0.3, -0.25) is 4.79 Å². The van der Waals surface area contributed by atoms with Crippen LogP contribution in [0.1, 0.15) is 6.42 Å². The molecule has 0 aliphatic rings. The highest BCUT2D eigenvalue weighted by atomic mass is 16.5. The largest absolute Gasteiger partial charge is 0.389 e. The van der Waals surface area contributed by atoms with Crippen molar-refractivity contribution in [1.82, 2.24) is 5.32 Å². The second-order valence-electron chi connectivity index (χ2n) is 2.45. The topological polar surface area (TPSA) is 84.6 Å². The van der Waals surface area contributed by atoms with E-state index in [1.807, 2.05) is 0 Å². The number of hydrogen-bond donors (Lipinski definition) is 3. The number of carbonyl (C=O) groups excluding carboxylic acids is 1. The van der Waals surface area contributed by atoms with Crippen LogP contribution in [0.2, 0.25) is 0 Å². The van der Waals surface area contributed by atoms with Gasteiger partial charge < -0.3 is 20.9 Å². The van der Waals surface area contributed by atoms with E-state index in [0.717, 1.165) is 0 Å². The lowest BCUT2D eigenvalue weighted by Gasteiger charge is -2.09. The van der Waals surface area contributed by atoms with E-state index >= 15 is 0 Å². The molecule has 0 aromatic rings. The average molecular weight is 176 g/mol. The molecule has 0 radical (unpaired) electrons. The highest BCUT2D eigenvalue weighted by molar-refractivity contribution is 5.76. The maximum Gasteiger partial charge on any atom is 0.221 e. The molecule has 0 aliphatic carbocycles. The van der Waals surface area contributed by atoms with Gasteiger partial charge in [0.05, 0.1) is 12.7 Å². The van der Waals surface area contributed by atoms with Gasteiger partial charge in [0.2, 0.25) is 5.91 Å². The van der Waals surface area contributed by atoms with Gasteiger partial charge in [-0.2, -0.15) is 0 Å². The van der Waals surface area contributed by atoms with E-state index in [4.69, 9.17) is 10.8 Å². The Morgan fingerprint density at radius 3 is 2.92 bits per heavy atom. The third-order valence-corrected chi connectivity index (χ3v) is 1.27. The third-order valence-electron chi connectivity index (χ3n) is 1.27. The molecule has 0 saturated heterocycles. The molecule has 0 heterocycles. The van der Waals surface area contributed by atoms with Crippen LogP contribution in [0, 0.1) is 0 Å². The van der Waals surface area contributed by atoms with Gasteiger partial charge in [0, 0.05) is 26.6 Å². The fourth-order valence-electron chi connectivity index (χ4n) is 0.702. The van der Waals surface area contributed by atoms with Crippen LogP contribution in [-0.2, 0) is 9.53 Å². The van der Waals surface area contributed by atoms with Crippen LogP contribution in [-0.4, -0.2) is 43.9 Å². The Hall–Kier alpha value is -0.650. The van der Waals surface area contributed by atoms with Crippen molar-refractivity contribution < 1.29 is 14.6 Å². The summed E-state index contributed by atoms with van der Waals surface area (Å²) in [7, 11) is 1.49. The van der Waals surface area contributed by atoms with Crippen LogP contribution < -0.4 is 11.1 Å². The second-order valence-corrected chi connectivity index (χ2v) is 2.45. The fraction of sp³-hybridized carbons (Fsp3) is 0.857. The lowest BCUT2D eigenvalue weighted by molar-refractivity contribution is -0.121. The first-order valence-corrected chi connectivity index (χ1v) is 3.84. The van der Waals surface area contributed by atoms with Crippen molar-refractivity contribution in [1.29, 1.82) is 0 Å². The molecule has 0 saturated carbocycles. The van der Waals surface area contributed by atoms with Crippen molar-refractivity contribution in [3.05, 3.63) is 0 Å². The van der Waals surface area contributed by atoms with Gasteiger partial charge in [-0.1, -0.05) is 0 Å². The normalized spacial score (nSPS) is 12.6. The molecule has 1 atom stereocenters. The smallest absolute Gasteiger partial charge is 0.221 e. The second kappa shape index (κ2) is 7.02. The maximum absolute atomic E-state index is 10.8. The number of amides is 1. The zero-order valence-corrected chi connectivity index (χ0v) is 7.25. The minimum absolute atomic E-state index is 0.146. The maximum atomic E-state index is 10.8. The number of ether oxygens (including phenoxy) is 1. The first kappa shape index (κ1) is 11.4. The highest BCUT2D eigenvalue weighted by Crippen LogP contribution is 1.82. The van der Waals surface area contributed by atoms with Crippen LogP contribution in [0.3, 0.4) is 0 Å². The Morgan fingerprint density at radius 1 is 1.75 bits per heavy atom. The number of nitrogens with one attached hydrogen (secondary N) is 1.